The molecule has 1 aromatic heterocycles. The zero-order valence-corrected chi connectivity index (χ0v) is 11.0. The molecule has 2 N–H and O–H groups in total. The summed E-state index contributed by atoms with van der Waals surface area (Å²) in [5.74, 6) is 0.742. The molecule has 0 atom stereocenters. The highest BCUT2D eigenvalue weighted by molar-refractivity contribution is 6.17. The molecule has 0 radical (unpaired) electrons. The second-order valence-corrected chi connectivity index (χ2v) is 4.86. The van der Waals surface area contributed by atoms with Crippen LogP contribution in [0.3, 0.4) is 0 Å². The maximum atomic E-state index is 6.07. The number of furan rings is 1. The van der Waals surface area contributed by atoms with E-state index in [1.54, 1.807) is 13.2 Å². The van der Waals surface area contributed by atoms with E-state index in [4.69, 9.17) is 14.9 Å². The zero-order chi connectivity index (χ0) is 13.7. The van der Waals surface area contributed by atoms with Gasteiger partial charge >= 0.3 is 0 Å². The molecule has 0 saturated carbocycles. The van der Waals surface area contributed by atoms with E-state index in [0.29, 0.717) is 5.69 Å². The fourth-order valence-corrected chi connectivity index (χ4v) is 2.72. The molecular formula is C17H13NO2. The number of fused-ring (bicyclic) bond motifs is 5. The largest absolute Gasteiger partial charge is 0.497 e. The van der Waals surface area contributed by atoms with Gasteiger partial charge in [-0.05, 0) is 17.5 Å². The van der Waals surface area contributed by atoms with Crippen LogP contribution in [-0.2, 0) is 0 Å². The molecular weight excluding hydrogens is 250 g/mol. The van der Waals surface area contributed by atoms with E-state index < -0.39 is 0 Å². The van der Waals surface area contributed by atoms with E-state index in [1.165, 1.54) is 0 Å². The van der Waals surface area contributed by atoms with Crippen LogP contribution < -0.4 is 10.5 Å². The molecule has 0 spiro atoms. The summed E-state index contributed by atoms with van der Waals surface area (Å²) in [4.78, 5) is 0. The first-order valence-corrected chi connectivity index (χ1v) is 6.45. The number of rotatable bonds is 1. The van der Waals surface area contributed by atoms with Gasteiger partial charge in [-0.2, -0.15) is 0 Å². The molecule has 20 heavy (non-hydrogen) atoms. The zero-order valence-electron chi connectivity index (χ0n) is 11.0. The topological polar surface area (TPSA) is 48.4 Å². The number of hydrogen-bond donors (Lipinski definition) is 1. The SMILES string of the molecule is COc1cc(N)c2oc3c4ccccc4ccc3c2c1. The minimum atomic E-state index is 0.597. The molecule has 3 nitrogen and oxygen atoms in total. The van der Waals surface area contributed by atoms with Crippen molar-refractivity contribution in [2.75, 3.05) is 12.8 Å². The van der Waals surface area contributed by atoms with Crippen LogP contribution in [0, 0.1) is 0 Å². The van der Waals surface area contributed by atoms with Gasteiger partial charge < -0.3 is 14.9 Å². The van der Waals surface area contributed by atoms with Gasteiger partial charge in [0.15, 0.2) is 5.58 Å². The number of methoxy groups -OCH3 is 1. The average molecular weight is 263 g/mol. The smallest absolute Gasteiger partial charge is 0.158 e. The van der Waals surface area contributed by atoms with Gasteiger partial charge in [0.1, 0.15) is 11.3 Å². The highest BCUT2D eigenvalue weighted by atomic mass is 16.5. The van der Waals surface area contributed by atoms with E-state index in [1.807, 2.05) is 18.2 Å². The lowest BCUT2D eigenvalue weighted by molar-refractivity contribution is 0.415. The van der Waals surface area contributed by atoms with Crippen molar-refractivity contribution in [1.82, 2.24) is 0 Å². The Bertz CT molecular complexity index is 953. The van der Waals surface area contributed by atoms with Gasteiger partial charge in [-0.15, -0.1) is 0 Å². The van der Waals surface area contributed by atoms with Gasteiger partial charge in [0.05, 0.1) is 12.8 Å². The Morgan fingerprint density at radius 2 is 1.75 bits per heavy atom. The van der Waals surface area contributed by atoms with Gasteiger partial charge in [0.2, 0.25) is 0 Å². The molecule has 98 valence electrons. The third-order valence-corrected chi connectivity index (χ3v) is 3.70. The van der Waals surface area contributed by atoms with Crippen LogP contribution in [-0.4, -0.2) is 7.11 Å². The van der Waals surface area contributed by atoms with Gasteiger partial charge in [-0.3, -0.25) is 0 Å². The fraction of sp³-hybridized carbons (Fsp3) is 0.0588. The Morgan fingerprint density at radius 3 is 2.60 bits per heavy atom. The molecule has 0 aliphatic carbocycles. The second kappa shape index (κ2) is 3.90. The highest BCUT2D eigenvalue weighted by Crippen LogP contribution is 2.38. The van der Waals surface area contributed by atoms with E-state index in [-0.39, 0.29) is 0 Å². The predicted molar refractivity (Wildman–Crippen MR) is 82.2 cm³/mol. The fourth-order valence-electron chi connectivity index (χ4n) is 2.72. The summed E-state index contributed by atoms with van der Waals surface area (Å²) in [7, 11) is 1.64. The Morgan fingerprint density at radius 1 is 0.900 bits per heavy atom. The predicted octanol–water partition coefficient (Wildman–Crippen LogP) is 4.33. The van der Waals surface area contributed by atoms with E-state index in [2.05, 4.69) is 24.3 Å². The lowest BCUT2D eigenvalue weighted by atomic mass is 10.1. The summed E-state index contributed by atoms with van der Waals surface area (Å²) in [6, 6.07) is 16.1. The first kappa shape index (κ1) is 11.2. The first-order chi connectivity index (χ1) is 9.78. The molecule has 0 aliphatic rings. The van der Waals surface area contributed by atoms with Gasteiger partial charge in [-0.1, -0.05) is 30.3 Å². The van der Waals surface area contributed by atoms with Crippen LogP contribution >= 0.6 is 0 Å². The third kappa shape index (κ3) is 1.40. The quantitative estimate of drug-likeness (QED) is 0.520. The van der Waals surface area contributed by atoms with E-state index in [0.717, 1.165) is 38.5 Å². The number of nitrogens with two attached hydrogens (primary N) is 1. The maximum absolute atomic E-state index is 6.07. The molecule has 4 rings (SSSR count). The summed E-state index contributed by atoms with van der Waals surface area (Å²) in [5, 5.41) is 4.30. The molecule has 0 unspecified atom stereocenters. The van der Waals surface area contributed by atoms with Crippen LogP contribution in [0.2, 0.25) is 0 Å². The Labute approximate surface area is 115 Å². The van der Waals surface area contributed by atoms with Crippen molar-refractivity contribution in [2.24, 2.45) is 0 Å². The molecule has 3 heteroatoms. The average Bonchev–Trinajstić information content (AvgIpc) is 2.87. The molecule has 0 aliphatic heterocycles. The summed E-state index contributed by atoms with van der Waals surface area (Å²) < 4.78 is 11.3. The third-order valence-electron chi connectivity index (χ3n) is 3.70. The van der Waals surface area contributed by atoms with Crippen LogP contribution in [0.5, 0.6) is 5.75 Å². The normalized spacial score (nSPS) is 11.4. The van der Waals surface area contributed by atoms with Crippen molar-refractivity contribution in [3.63, 3.8) is 0 Å². The summed E-state index contributed by atoms with van der Waals surface area (Å²) in [6.45, 7) is 0. The second-order valence-electron chi connectivity index (χ2n) is 4.86. The molecule has 4 aromatic rings. The van der Waals surface area contributed by atoms with Crippen molar-refractivity contribution in [1.29, 1.82) is 0 Å². The van der Waals surface area contributed by atoms with Gasteiger partial charge in [0.25, 0.3) is 0 Å². The first-order valence-electron chi connectivity index (χ1n) is 6.45. The summed E-state index contributed by atoms with van der Waals surface area (Å²) in [5.41, 5.74) is 8.26. The molecule has 0 fully saturated rings. The Balaban J connectivity index is 2.24. The monoisotopic (exact) mass is 263 g/mol. The summed E-state index contributed by atoms with van der Waals surface area (Å²) in [6.07, 6.45) is 0. The van der Waals surface area contributed by atoms with Crippen molar-refractivity contribution >= 4 is 38.4 Å². The number of nitrogen functional groups attached to an aromatic ring is 1. The standard InChI is InChI=1S/C17H13NO2/c1-19-11-8-14-13-7-6-10-4-2-3-5-12(10)16(13)20-17(14)15(18)9-11/h2-9H,18H2,1H3. The van der Waals surface area contributed by atoms with Gasteiger partial charge in [0, 0.05) is 22.2 Å². The molecule has 1 heterocycles. The van der Waals surface area contributed by atoms with Crippen molar-refractivity contribution < 1.29 is 9.15 Å². The number of ether oxygens (including phenoxy) is 1. The minimum Gasteiger partial charge on any atom is -0.497 e. The van der Waals surface area contributed by atoms with Gasteiger partial charge in [-0.25, -0.2) is 0 Å². The molecule has 0 saturated heterocycles. The molecule has 0 amide bonds. The van der Waals surface area contributed by atoms with Crippen molar-refractivity contribution in [3.05, 3.63) is 48.5 Å². The lowest BCUT2D eigenvalue weighted by Crippen LogP contribution is -1.88. The summed E-state index contributed by atoms with van der Waals surface area (Å²) >= 11 is 0. The van der Waals surface area contributed by atoms with Crippen LogP contribution in [0.25, 0.3) is 32.7 Å². The Kier molecular flexibility index (Phi) is 2.18. The van der Waals surface area contributed by atoms with E-state index >= 15 is 0 Å². The van der Waals surface area contributed by atoms with E-state index in [9.17, 15) is 0 Å². The van der Waals surface area contributed by atoms with Crippen molar-refractivity contribution in [2.45, 2.75) is 0 Å². The lowest BCUT2D eigenvalue weighted by Gasteiger charge is -2.01. The highest BCUT2D eigenvalue weighted by Gasteiger charge is 2.13. The van der Waals surface area contributed by atoms with Crippen LogP contribution in [0.15, 0.2) is 52.9 Å². The number of anilines is 1. The number of benzene rings is 3. The minimum absolute atomic E-state index is 0.597. The van der Waals surface area contributed by atoms with Crippen molar-refractivity contribution in [3.8, 4) is 5.75 Å². The molecule has 0 bridgehead atoms. The number of hydrogen-bond acceptors (Lipinski definition) is 3. The Hall–Kier alpha value is -2.68. The molecule has 3 aromatic carbocycles. The van der Waals surface area contributed by atoms with Crippen LogP contribution in [0.1, 0.15) is 0 Å². The maximum Gasteiger partial charge on any atom is 0.158 e. The van der Waals surface area contributed by atoms with Crippen LogP contribution in [0.4, 0.5) is 5.69 Å².